The lowest BCUT2D eigenvalue weighted by Gasteiger charge is -2.39. The van der Waals surface area contributed by atoms with Crippen LogP contribution in [0.15, 0.2) is 29.2 Å². The van der Waals surface area contributed by atoms with E-state index in [-0.39, 0.29) is 4.90 Å². The van der Waals surface area contributed by atoms with E-state index in [9.17, 15) is 23.7 Å². The van der Waals surface area contributed by atoms with Crippen molar-refractivity contribution in [3.63, 3.8) is 0 Å². The minimum absolute atomic E-state index is 0.262. The molecule has 1 aromatic carbocycles. The Balaban J connectivity index is 2.11. The number of anilines is 1. The lowest BCUT2D eigenvalue weighted by Crippen LogP contribution is -2.58. The molecule has 1 aliphatic rings. The molecule has 0 radical (unpaired) electrons. The van der Waals surface area contributed by atoms with Crippen LogP contribution in [-0.2, 0) is 14.9 Å². The number of nitrogens with one attached hydrogen (secondary N) is 1. The van der Waals surface area contributed by atoms with Crippen LogP contribution in [-0.4, -0.2) is 58.9 Å². The molecule has 1 heterocycles. The van der Waals surface area contributed by atoms with Gasteiger partial charge in [-0.05, 0) is 31.2 Å². The third kappa shape index (κ3) is 3.51. The van der Waals surface area contributed by atoms with E-state index in [0.717, 1.165) is 0 Å². The van der Waals surface area contributed by atoms with Crippen LogP contribution in [0.25, 0.3) is 0 Å². The summed E-state index contributed by atoms with van der Waals surface area (Å²) in [6.07, 6.45) is -5.55. The van der Waals surface area contributed by atoms with Gasteiger partial charge in [0.2, 0.25) is 0 Å². The summed E-state index contributed by atoms with van der Waals surface area (Å²) in [4.78, 5) is -0.262. The summed E-state index contributed by atoms with van der Waals surface area (Å²) in [7, 11) is -4.27. The largest absolute Gasteiger partial charge is 0.388 e. The maximum Gasteiger partial charge on any atom is 0.294 e. The van der Waals surface area contributed by atoms with Crippen molar-refractivity contribution in [3.8, 4) is 0 Å². The van der Waals surface area contributed by atoms with Crippen LogP contribution in [0.4, 0.5) is 5.69 Å². The van der Waals surface area contributed by atoms with Gasteiger partial charge in [-0.15, -0.1) is 0 Å². The van der Waals surface area contributed by atoms with Crippen LogP contribution >= 0.6 is 0 Å². The van der Waals surface area contributed by atoms with Gasteiger partial charge in [-0.25, -0.2) is 0 Å². The van der Waals surface area contributed by atoms with Gasteiger partial charge in [-0.1, -0.05) is 0 Å². The summed E-state index contributed by atoms with van der Waals surface area (Å²) >= 11 is 0. The van der Waals surface area contributed by atoms with E-state index in [0.29, 0.717) is 5.69 Å². The molecule has 9 heteroatoms. The Labute approximate surface area is 121 Å². The first kappa shape index (κ1) is 16.1. The van der Waals surface area contributed by atoms with E-state index in [1.807, 2.05) is 0 Å². The van der Waals surface area contributed by atoms with Gasteiger partial charge in [-0.3, -0.25) is 4.55 Å². The number of rotatable bonds is 3. The second-order valence-electron chi connectivity index (χ2n) is 4.88. The monoisotopic (exact) mass is 319 g/mol. The van der Waals surface area contributed by atoms with E-state index < -0.39 is 40.8 Å². The van der Waals surface area contributed by atoms with Gasteiger partial charge in [0.25, 0.3) is 10.1 Å². The van der Waals surface area contributed by atoms with Crippen molar-refractivity contribution in [3.05, 3.63) is 24.3 Å². The van der Waals surface area contributed by atoms with Crippen LogP contribution in [0, 0.1) is 0 Å². The number of ether oxygens (including phenoxy) is 1. The molecule has 118 valence electrons. The standard InChI is InChI=1S/C12H17NO7S/c1-6-9(14)10(15)11(16)12(20-6)13-7-2-4-8(5-3-7)21(17,18)19/h2-6,9-16H,1H3,(H,17,18,19)/t6-,9-,10+,11+,12-/m0/s1. The minimum Gasteiger partial charge on any atom is -0.388 e. The van der Waals surface area contributed by atoms with Crippen molar-refractivity contribution in [2.24, 2.45) is 0 Å². The molecule has 5 atom stereocenters. The third-order valence-electron chi connectivity index (χ3n) is 3.31. The van der Waals surface area contributed by atoms with E-state index in [2.05, 4.69) is 5.32 Å². The van der Waals surface area contributed by atoms with Gasteiger partial charge in [-0.2, -0.15) is 8.42 Å². The number of hydrogen-bond acceptors (Lipinski definition) is 7. The number of hydrogen-bond donors (Lipinski definition) is 5. The van der Waals surface area contributed by atoms with Gasteiger partial charge >= 0.3 is 0 Å². The lowest BCUT2D eigenvalue weighted by atomic mass is 9.99. The van der Waals surface area contributed by atoms with Crippen molar-refractivity contribution in [2.45, 2.75) is 42.5 Å². The van der Waals surface area contributed by atoms with E-state index >= 15 is 0 Å². The van der Waals surface area contributed by atoms with E-state index in [1.54, 1.807) is 6.92 Å². The Kier molecular flexibility index (Phi) is 4.51. The lowest BCUT2D eigenvalue weighted by molar-refractivity contribution is -0.209. The summed E-state index contributed by atoms with van der Waals surface area (Å²) in [6.45, 7) is 1.55. The van der Waals surface area contributed by atoms with Crippen LogP contribution < -0.4 is 5.32 Å². The third-order valence-corrected chi connectivity index (χ3v) is 4.18. The fraction of sp³-hybridized carbons (Fsp3) is 0.500. The van der Waals surface area contributed by atoms with Crippen LogP contribution in [0.1, 0.15) is 6.92 Å². The molecule has 8 nitrogen and oxygen atoms in total. The molecule has 1 fully saturated rings. The first-order valence-electron chi connectivity index (χ1n) is 6.24. The van der Waals surface area contributed by atoms with Crippen molar-refractivity contribution < 1.29 is 33.0 Å². The maximum absolute atomic E-state index is 10.9. The normalized spacial score (nSPS) is 33.7. The molecule has 5 N–H and O–H groups in total. The Morgan fingerprint density at radius 1 is 1.05 bits per heavy atom. The fourth-order valence-electron chi connectivity index (χ4n) is 2.06. The Morgan fingerprint density at radius 2 is 1.62 bits per heavy atom. The molecular weight excluding hydrogens is 302 g/mol. The zero-order chi connectivity index (χ0) is 15.8. The molecule has 0 amide bonds. The number of aliphatic hydroxyl groups excluding tert-OH is 3. The zero-order valence-electron chi connectivity index (χ0n) is 11.1. The molecule has 0 unspecified atom stereocenters. The first-order chi connectivity index (χ1) is 9.70. The van der Waals surface area contributed by atoms with Crippen LogP contribution in [0.3, 0.4) is 0 Å². The quantitative estimate of drug-likeness (QED) is 0.456. The Morgan fingerprint density at radius 3 is 2.14 bits per heavy atom. The van der Waals surface area contributed by atoms with Crippen molar-refractivity contribution >= 4 is 15.8 Å². The maximum atomic E-state index is 10.9. The molecule has 0 aliphatic carbocycles. The second kappa shape index (κ2) is 5.87. The van der Waals surface area contributed by atoms with Crippen LogP contribution in [0.5, 0.6) is 0 Å². The van der Waals surface area contributed by atoms with E-state index in [4.69, 9.17) is 9.29 Å². The predicted molar refractivity (Wildman–Crippen MR) is 72.2 cm³/mol. The van der Waals surface area contributed by atoms with Gasteiger partial charge in [0, 0.05) is 5.69 Å². The van der Waals surface area contributed by atoms with Crippen molar-refractivity contribution in [2.75, 3.05) is 5.32 Å². The SMILES string of the molecule is C[C@@H]1O[C@H](Nc2ccc(S(=O)(=O)O)cc2)[C@H](O)[C@H](O)[C@H]1O. The molecule has 1 aromatic rings. The summed E-state index contributed by atoms with van der Waals surface area (Å²) in [5.41, 5.74) is 0.419. The average Bonchev–Trinajstić information content (AvgIpc) is 2.42. The smallest absolute Gasteiger partial charge is 0.294 e. The molecule has 0 bridgehead atoms. The molecular formula is C12H17NO7S. The molecule has 0 saturated carbocycles. The van der Waals surface area contributed by atoms with Crippen molar-refractivity contribution in [1.82, 2.24) is 0 Å². The molecule has 0 aromatic heterocycles. The molecule has 2 rings (SSSR count). The highest BCUT2D eigenvalue weighted by Gasteiger charge is 2.41. The molecule has 21 heavy (non-hydrogen) atoms. The Hall–Kier alpha value is -1.23. The molecule has 0 spiro atoms. The Bertz CT molecular complexity index is 588. The van der Waals surface area contributed by atoms with Gasteiger partial charge in [0.05, 0.1) is 11.0 Å². The molecule has 1 aliphatic heterocycles. The predicted octanol–water partition coefficient (Wildman–Crippen LogP) is -0.827. The summed E-state index contributed by atoms with van der Waals surface area (Å²) in [6, 6.07) is 5.12. The zero-order valence-corrected chi connectivity index (χ0v) is 11.9. The van der Waals surface area contributed by atoms with Gasteiger partial charge in [0.1, 0.15) is 18.3 Å². The summed E-state index contributed by atoms with van der Waals surface area (Å²) < 4.78 is 36.0. The van der Waals surface area contributed by atoms with E-state index in [1.165, 1.54) is 24.3 Å². The van der Waals surface area contributed by atoms with Crippen LogP contribution in [0.2, 0.25) is 0 Å². The highest BCUT2D eigenvalue weighted by Crippen LogP contribution is 2.23. The molecule has 1 saturated heterocycles. The average molecular weight is 319 g/mol. The first-order valence-corrected chi connectivity index (χ1v) is 7.68. The van der Waals surface area contributed by atoms with Crippen molar-refractivity contribution in [1.29, 1.82) is 0 Å². The highest BCUT2D eigenvalue weighted by atomic mass is 32.2. The minimum atomic E-state index is -4.27. The summed E-state index contributed by atoms with van der Waals surface area (Å²) in [5, 5.41) is 31.9. The topological polar surface area (TPSA) is 136 Å². The fourth-order valence-corrected chi connectivity index (χ4v) is 2.54. The number of benzene rings is 1. The second-order valence-corrected chi connectivity index (χ2v) is 6.30. The summed E-state index contributed by atoms with van der Waals surface area (Å²) in [5.74, 6) is 0. The number of aliphatic hydroxyl groups is 3. The van der Waals surface area contributed by atoms with Gasteiger partial charge < -0.3 is 25.4 Å². The highest BCUT2D eigenvalue weighted by molar-refractivity contribution is 7.85. The van der Waals surface area contributed by atoms with Gasteiger partial charge in [0.15, 0.2) is 6.23 Å².